The third-order valence-electron chi connectivity index (χ3n) is 8.60. The van der Waals surface area contributed by atoms with E-state index in [1.165, 1.54) is 56.3 Å². The molecule has 0 saturated heterocycles. The van der Waals surface area contributed by atoms with Gasteiger partial charge in [-0.25, -0.2) is 9.98 Å². The van der Waals surface area contributed by atoms with E-state index < -0.39 is 0 Å². The van der Waals surface area contributed by atoms with Crippen molar-refractivity contribution >= 4 is 144 Å². The Morgan fingerprint density at radius 3 is 1.34 bits per heavy atom. The van der Waals surface area contributed by atoms with Crippen molar-refractivity contribution in [2.45, 2.75) is 115 Å². The number of benzene rings is 4. The number of anilines is 2. The van der Waals surface area contributed by atoms with Crippen LogP contribution >= 0.6 is 79.8 Å². The summed E-state index contributed by atoms with van der Waals surface area (Å²) in [6.45, 7) is 8.82. The minimum Gasteiger partial charge on any atom is -0.349 e. The lowest BCUT2D eigenvalue weighted by atomic mass is 10.1. The Bertz CT molecular complexity index is 1800. The molecule has 0 aliphatic carbocycles. The number of thiocarbonyl (C=S) groups is 2. The molecule has 50 heavy (non-hydrogen) atoms. The molecular formula is C40H46Br2N4S4. The third-order valence-corrected chi connectivity index (χ3v) is 12.7. The van der Waals surface area contributed by atoms with E-state index in [1.54, 1.807) is 0 Å². The summed E-state index contributed by atoms with van der Waals surface area (Å²) >= 11 is 22.1. The molecule has 2 aliphatic heterocycles. The van der Waals surface area contributed by atoms with Crippen molar-refractivity contribution in [1.82, 2.24) is 0 Å². The van der Waals surface area contributed by atoms with Gasteiger partial charge in [0.25, 0.3) is 0 Å². The monoisotopic (exact) mass is 868 g/mol. The van der Waals surface area contributed by atoms with Gasteiger partial charge in [0, 0.05) is 51.7 Å². The molecule has 2 N–H and O–H groups in total. The SMILES string of the molecule is CCCCC(=S)Nc1ccc(Br)c2c(NC(=S)CCCC)ccc(Br)c12.CCCCC1=Nc2ccc3c4c(ccc(c24)S1)N=C(CCCC)S3. The maximum absolute atomic E-state index is 5.52. The van der Waals surface area contributed by atoms with Crippen molar-refractivity contribution in [2.75, 3.05) is 10.6 Å². The predicted octanol–water partition coefficient (Wildman–Crippen LogP) is 15.7. The van der Waals surface area contributed by atoms with E-state index in [-0.39, 0.29) is 0 Å². The number of unbranched alkanes of at least 4 members (excludes halogenated alkanes) is 4. The van der Waals surface area contributed by atoms with Crippen LogP contribution in [-0.4, -0.2) is 20.1 Å². The number of nitrogens with one attached hydrogen (secondary N) is 2. The zero-order valence-electron chi connectivity index (χ0n) is 29.4. The number of nitrogens with zero attached hydrogens (tertiary/aromatic N) is 2. The Kier molecular flexibility index (Phi) is 15.2. The molecule has 4 nitrogen and oxygen atoms in total. The van der Waals surface area contributed by atoms with Crippen molar-refractivity contribution in [1.29, 1.82) is 0 Å². The highest BCUT2D eigenvalue weighted by molar-refractivity contribution is 9.11. The fourth-order valence-corrected chi connectivity index (χ4v) is 9.69. The van der Waals surface area contributed by atoms with Crippen LogP contribution in [0.4, 0.5) is 22.7 Å². The first-order valence-electron chi connectivity index (χ1n) is 17.9. The van der Waals surface area contributed by atoms with E-state index in [0.29, 0.717) is 0 Å². The Labute approximate surface area is 334 Å². The zero-order valence-corrected chi connectivity index (χ0v) is 35.8. The fraction of sp³-hybridized carbons (Fsp3) is 0.400. The number of aliphatic imine (C=N–C) groups is 2. The maximum Gasteiger partial charge on any atom is 0.0797 e. The van der Waals surface area contributed by atoms with Crippen LogP contribution in [0.3, 0.4) is 0 Å². The summed E-state index contributed by atoms with van der Waals surface area (Å²) in [5, 5.41) is 14.2. The molecule has 0 spiro atoms. The number of halogens is 2. The number of hydrogen-bond acceptors (Lipinski definition) is 6. The average molecular weight is 871 g/mol. The molecule has 0 bridgehead atoms. The van der Waals surface area contributed by atoms with Gasteiger partial charge in [0.2, 0.25) is 0 Å². The Balaban J connectivity index is 0.000000195. The molecule has 0 radical (unpaired) electrons. The summed E-state index contributed by atoms with van der Waals surface area (Å²) in [4.78, 5) is 14.3. The largest absolute Gasteiger partial charge is 0.349 e. The van der Waals surface area contributed by atoms with Crippen LogP contribution in [-0.2, 0) is 0 Å². The van der Waals surface area contributed by atoms with Crippen molar-refractivity contribution in [2.24, 2.45) is 9.98 Å². The summed E-state index contributed by atoms with van der Waals surface area (Å²) in [6, 6.07) is 17.1. The normalized spacial score (nSPS) is 13.0. The van der Waals surface area contributed by atoms with Crippen LogP contribution in [0, 0.1) is 0 Å². The summed E-state index contributed by atoms with van der Waals surface area (Å²) in [6.07, 6.45) is 13.3. The van der Waals surface area contributed by atoms with Crippen molar-refractivity contribution < 1.29 is 0 Å². The lowest BCUT2D eigenvalue weighted by molar-refractivity contribution is 0.839. The maximum atomic E-state index is 5.52. The van der Waals surface area contributed by atoms with E-state index in [9.17, 15) is 0 Å². The minimum absolute atomic E-state index is 0.874. The smallest absolute Gasteiger partial charge is 0.0797 e. The molecule has 0 aromatic heterocycles. The van der Waals surface area contributed by atoms with Gasteiger partial charge in [-0.05, 0) is 99.9 Å². The standard InChI is InChI=1S/C20H24Br2N2S2.C20H22N2S2/c1-3-5-7-17(25)23-15-11-9-14(22)20-16(12-10-13(21)19(15)20)24-18(26)8-6-4-2;1-3-5-7-17-21-13-9-12-16-20-14(10-11-15(23-17)19(13)20)22-18(24-16)8-6-4-2/h9-12H,3-8H2,1-2H3,(H,23,25)(H,24,26);9-12H,3-8H2,1-2H3. The van der Waals surface area contributed by atoms with Crippen molar-refractivity contribution in [3.8, 4) is 0 Å². The van der Waals surface area contributed by atoms with E-state index >= 15 is 0 Å². The van der Waals surface area contributed by atoms with Gasteiger partial charge in [0.05, 0.1) is 31.4 Å². The number of rotatable bonds is 14. The minimum atomic E-state index is 0.874. The van der Waals surface area contributed by atoms with Crippen LogP contribution in [0.5, 0.6) is 0 Å². The molecule has 6 rings (SSSR count). The third kappa shape index (κ3) is 9.78. The van der Waals surface area contributed by atoms with Gasteiger partial charge in [0.1, 0.15) is 0 Å². The summed E-state index contributed by atoms with van der Waals surface area (Å²) in [5.41, 5.74) is 4.28. The quantitative estimate of drug-likeness (QED) is 0.123. The highest BCUT2D eigenvalue weighted by Gasteiger charge is 2.23. The molecule has 4 aromatic rings. The molecule has 0 fully saturated rings. The molecule has 2 heterocycles. The average Bonchev–Trinajstić information content (AvgIpc) is 3.12. The molecular weight excluding hydrogens is 825 g/mol. The van der Waals surface area contributed by atoms with E-state index in [4.69, 9.17) is 34.4 Å². The first-order chi connectivity index (χ1) is 24.3. The Morgan fingerprint density at radius 2 is 0.960 bits per heavy atom. The highest BCUT2D eigenvalue weighted by atomic mass is 79.9. The van der Waals surface area contributed by atoms with Crippen LogP contribution < -0.4 is 10.6 Å². The second kappa shape index (κ2) is 19.3. The van der Waals surface area contributed by atoms with Crippen molar-refractivity contribution in [3.63, 3.8) is 0 Å². The van der Waals surface area contributed by atoms with Gasteiger partial charge in [-0.1, -0.05) is 133 Å². The molecule has 2 aliphatic rings. The molecule has 0 unspecified atom stereocenters. The van der Waals surface area contributed by atoms with Gasteiger partial charge in [-0.15, -0.1) is 0 Å². The first-order valence-corrected chi connectivity index (χ1v) is 21.9. The molecule has 0 saturated carbocycles. The molecule has 264 valence electrons. The van der Waals surface area contributed by atoms with Gasteiger partial charge in [-0.2, -0.15) is 0 Å². The van der Waals surface area contributed by atoms with Gasteiger partial charge in [-0.3, -0.25) is 0 Å². The zero-order chi connectivity index (χ0) is 35.6. The topological polar surface area (TPSA) is 48.8 Å². The molecule has 0 amide bonds. The predicted molar refractivity (Wildman–Crippen MR) is 240 cm³/mol. The summed E-state index contributed by atoms with van der Waals surface area (Å²) in [5.74, 6) is 0. The van der Waals surface area contributed by atoms with Gasteiger partial charge >= 0.3 is 0 Å². The van der Waals surface area contributed by atoms with Crippen LogP contribution in [0.2, 0.25) is 0 Å². The number of fused-ring (bicyclic) bond motifs is 1. The second-order valence-corrected chi connectivity index (χ2v) is 17.5. The van der Waals surface area contributed by atoms with E-state index in [2.05, 4.69) is 119 Å². The van der Waals surface area contributed by atoms with Crippen LogP contribution in [0.15, 0.2) is 77.3 Å². The fourth-order valence-electron chi connectivity index (χ4n) is 5.91. The highest BCUT2D eigenvalue weighted by Crippen LogP contribution is 2.50. The van der Waals surface area contributed by atoms with Gasteiger partial charge in [0.15, 0.2) is 0 Å². The number of thioether (sulfide) groups is 2. The Hall–Kier alpha value is -1.82. The summed E-state index contributed by atoms with van der Waals surface area (Å²) in [7, 11) is 0. The van der Waals surface area contributed by atoms with Crippen LogP contribution in [0.25, 0.3) is 21.5 Å². The number of hydrogen-bond donors (Lipinski definition) is 2. The van der Waals surface area contributed by atoms with Gasteiger partial charge < -0.3 is 10.6 Å². The summed E-state index contributed by atoms with van der Waals surface area (Å²) < 4.78 is 2.05. The van der Waals surface area contributed by atoms with Crippen molar-refractivity contribution in [3.05, 3.63) is 57.5 Å². The molecule has 10 heteroatoms. The van der Waals surface area contributed by atoms with Crippen LogP contribution in [0.1, 0.15) is 105 Å². The lowest BCUT2D eigenvalue weighted by Crippen LogP contribution is -2.11. The molecule has 0 atom stereocenters. The lowest BCUT2D eigenvalue weighted by Gasteiger charge is -2.22. The van der Waals surface area contributed by atoms with E-state index in [0.717, 1.165) is 104 Å². The van der Waals surface area contributed by atoms with E-state index in [1.807, 2.05) is 23.5 Å². The molecule has 4 aromatic carbocycles. The second-order valence-electron chi connectivity index (χ2n) is 12.6. The Morgan fingerprint density at radius 1 is 0.560 bits per heavy atom. The first kappa shape index (κ1) is 39.4.